The normalized spacial score (nSPS) is 22.1. The van der Waals surface area contributed by atoms with Crippen molar-refractivity contribution in [2.45, 2.75) is 6.10 Å². The van der Waals surface area contributed by atoms with Gasteiger partial charge in [-0.05, 0) is 6.92 Å². The Balaban J connectivity index is 1.66. The lowest BCUT2D eigenvalue weighted by molar-refractivity contribution is -0.300. The maximum atomic E-state index is 4.91. The number of hydrogen-bond acceptors (Lipinski definition) is 4. The summed E-state index contributed by atoms with van der Waals surface area (Å²) in [6.07, 6.45) is 0.253. The molecule has 1 rings (SSSR count). The minimum atomic E-state index is 0.253. The van der Waals surface area contributed by atoms with E-state index >= 15 is 0 Å². The molecule has 1 aliphatic rings. The van der Waals surface area contributed by atoms with Crippen molar-refractivity contribution < 1.29 is 19.2 Å². The van der Waals surface area contributed by atoms with E-state index in [4.69, 9.17) is 19.2 Å². The predicted molar refractivity (Wildman–Crippen MR) is 37.8 cm³/mol. The first-order valence-electron chi connectivity index (χ1n) is 3.66. The zero-order chi connectivity index (χ0) is 7.94. The fraction of sp³-hybridized carbons (Fsp3) is 0.857. The summed E-state index contributed by atoms with van der Waals surface area (Å²) < 4.78 is 9.80. The fourth-order valence-corrected chi connectivity index (χ4v) is 0.542. The molecule has 1 aliphatic heterocycles. The average molecular weight is 161 g/mol. The lowest BCUT2D eigenvalue weighted by Gasteiger charge is -2.01. The molecule has 0 aliphatic carbocycles. The Morgan fingerprint density at radius 2 is 2.18 bits per heavy atom. The molecule has 1 fully saturated rings. The van der Waals surface area contributed by atoms with Crippen molar-refractivity contribution in [3.63, 3.8) is 0 Å². The standard InChI is InChI=1S/C7H13O4/c1-2-8-3-4-10-11-6-7-5-9-7/h7H,1-6H2. The van der Waals surface area contributed by atoms with Crippen molar-refractivity contribution in [2.24, 2.45) is 0 Å². The monoisotopic (exact) mass is 161 g/mol. The summed E-state index contributed by atoms with van der Waals surface area (Å²) in [5.74, 6) is 0. The average Bonchev–Trinajstić information content (AvgIpc) is 2.80. The van der Waals surface area contributed by atoms with Gasteiger partial charge in [-0.3, -0.25) is 0 Å². The fourth-order valence-electron chi connectivity index (χ4n) is 0.542. The van der Waals surface area contributed by atoms with E-state index in [2.05, 4.69) is 6.92 Å². The first-order chi connectivity index (χ1) is 5.43. The van der Waals surface area contributed by atoms with Gasteiger partial charge in [0.25, 0.3) is 0 Å². The molecule has 0 spiro atoms. The van der Waals surface area contributed by atoms with Gasteiger partial charge in [0.15, 0.2) is 0 Å². The molecule has 1 radical (unpaired) electrons. The molecule has 4 nitrogen and oxygen atoms in total. The predicted octanol–water partition coefficient (Wildman–Crippen LogP) is 0.184. The minimum absolute atomic E-state index is 0.253. The van der Waals surface area contributed by atoms with Crippen molar-refractivity contribution >= 4 is 0 Å². The van der Waals surface area contributed by atoms with Gasteiger partial charge in [0, 0.05) is 6.61 Å². The maximum absolute atomic E-state index is 4.91. The molecule has 1 unspecified atom stereocenters. The van der Waals surface area contributed by atoms with Crippen LogP contribution in [0.25, 0.3) is 0 Å². The zero-order valence-corrected chi connectivity index (χ0v) is 6.45. The summed E-state index contributed by atoms with van der Waals surface area (Å²) in [4.78, 5) is 9.53. The molecule has 65 valence electrons. The van der Waals surface area contributed by atoms with Crippen LogP contribution in [0.5, 0.6) is 0 Å². The Bertz CT molecular complexity index is 92.4. The van der Waals surface area contributed by atoms with Crippen LogP contribution in [0.15, 0.2) is 0 Å². The van der Waals surface area contributed by atoms with Crippen LogP contribution >= 0.6 is 0 Å². The molecule has 1 saturated heterocycles. The molecule has 0 saturated carbocycles. The summed E-state index contributed by atoms with van der Waals surface area (Å²) in [6, 6.07) is 0. The van der Waals surface area contributed by atoms with Crippen LogP contribution in [0.1, 0.15) is 0 Å². The van der Waals surface area contributed by atoms with Crippen molar-refractivity contribution in [3.05, 3.63) is 6.92 Å². The van der Waals surface area contributed by atoms with Gasteiger partial charge in [0.2, 0.25) is 0 Å². The Morgan fingerprint density at radius 3 is 2.82 bits per heavy atom. The molecular formula is C7H13O4. The van der Waals surface area contributed by atoms with Gasteiger partial charge >= 0.3 is 0 Å². The third-order valence-electron chi connectivity index (χ3n) is 1.19. The Hall–Kier alpha value is -0.160. The second-order valence-corrected chi connectivity index (χ2v) is 2.17. The van der Waals surface area contributed by atoms with Crippen molar-refractivity contribution in [1.82, 2.24) is 0 Å². The highest BCUT2D eigenvalue weighted by atomic mass is 17.2. The second kappa shape index (κ2) is 5.49. The molecule has 0 bridgehead atoms. The Labute approximate surface area is 66.3 Å². The summed E-state index contributed by atoms with van der Waals surface area (Å²) >= 11 is 0. The van der Waals surface area contributed by atoms with Gasteiger partial charge in [-0.15, -0.1) is 0 Å². The molecule has 0 N–H and O–H groups in total. The number of rotatable bonds is 7. The van der Waals surface area contributed by atoms with E-state index < -0.39 is 0 Å². The Kier molecular flexibility index (Phi) is 4.45. The first-order valence-corrected chi connectivity index (χ1v) is 3.66. The molecule has 1 atom stereocenters. The molecule has 1 heterocycles. The van der Waals surface area contributed by atoms with E-state index in [1.807, 2.05) is 0 Å². The maximum Gasteiger partial charge on any atom is 0.111 e. The van der Waals surface area contributed by atoms with Crippen LogP contribution in [0.4, 0.5) is 0 Å². The van der Waals surface area contributed by atoms with Crippen molar-refractivity contribution in [2.75, 3.05) is 33.0 Å². The van der Waals surface area contributed by atoms with E-state index in [1.54, 1.807) is 0 Å². The van der Waals surface area contributed by atoms with Gasteiger partial charge in [-0.25, -0.2) is 9.78 Å². The highest BCUT2D eigenvalue weighted by Gasteiger charge is 2.22. The van der Waals surface area contributed by atoms with Crippen LogP contribution in [-0.2, 0) is 19.2 Å². The van der Waals surface area contributed by atoms with Crippen LogP contribution in [0.3, 0.4) is 0 Å². The molecule has 0 aromatic rings. The van der Waals surface area contributed by atoms with Crippen molar-refractivity contribution in [1.29, 1.82) is 0 Å². The first kappa shape index (κ1) is 8.93. The van der Waals surface area contributed by atoms with Gasteiger partial charge in [-0.2, -0.15) is 0 Å². The molecule has 0 aromatic heterocycles. The van der Waals surface area contributed by atoms with E-state index in [0.717, 1.165) is 6.61 Å². The lowest BCUT2D eigenvalue weighted by atomic mass is 10.5. The summed E-state index contributed by atoms with van der Waals surface area (Å²) in [6.45, 7) is 6.25. The summed E-state index contributed by atoms with van der Waals surface area (Å²) in [7, 11) is 0. The zero-order valence-electron chi connectivity index (χ0n) is 6.45. The topological polar surface area (TPSA) is 40.2 Å². The van der Waals surface area contributed by atoms with Crippen LogP contribution in [0, 0.1) is 6.92 Å². The Morgan fingerprint density at radius 1 is 1.36 bits per heavy atom. The van der Waals surface area contributed by atoms with Crippen LogP contribution < -0.4 is 0 Å². The second-order valence-electron chi connectivity index (χ2n) is 2.17. The number of epoxide rings is 1. The number of ether oxygens (including phenoxy) is 2. The SMILES string of the molecule is [CH2]COCCOOCC1CO1. The number of hydrogen-bond donors (Lipinski definition) is 0. The van der Waals surface area contributed by atoms with E-state index in [9.17, 15) is 0 Å². The summed E-state index contributed by atoms with van der Waals surface area (Å²) in [5.41, 5.74) is 0. The van der Waals surface area contributed by atoms with Crippen molar-refractivity contribution in [3.8, 4) is 0 Å². The smallest absolute Gasteiger partial charge is 0.111 e. The molecule has 0 amide bonds. The molecule has 0 aromatic carbocycles. The van der Waals surface area contributed by atoms with Crippen LogP contribution in [-0.4, -0.2) is 39.1 Å². The quantitative estimate of drug-likeness (QED) is 0.231. The molecule has 4 heteroatoms. The van der Waals surface area contributed by atoms with Gasteiger partial charge in [0.05, 0.1) is 13.2 Å². The van der Waals surface area contributed by atoms with Crippen LogP contribution in [0.2, 0.25) is 0 Å². The van der Waals surface area contributed by atoms with Gasteiger partial charge < -0.3 is 9.47 Å². The lowest BCUT2D eigenvalue weighted by Crippen LogP contribution is -2.07. The van der Waals surface area contributed by atoms with Gasteiger partial charge in [0.1, 0.15) is 19.3 Å². The third-order valence-corrected chi connectivity index (χ3v) is 1.19. The molecular weight excluding hydrogens is 148 g/mol. The third kappa shape index (κ3) is 5.15. The highest BCUT2D eigenvalue weighted by Crippen LogP contribution is 2.08. The van der Waals surface area contributed by atoms with E-state index in [1.165, 1.54) is 0 Å². The van der Waals surface area contributed by atoms with Gasteiger partial charge in [-0.1, -0.05) is 0 Å². The van der Waals surface area contributed by atoms with E-state index in [-0.39, 0.29) is 6.10 Å². The van der Waals surface area contributed by atoms with E-state index in [0.29, 0.717) is 26.4 Å². The highest BCUT2D eigenvalue weighted by molar-refractivity contribution is 4.65. The minimum Gasteiger partial charge on any atom is -0.379 e. The molecule has 11 heavy (non-hydrogen) atoms. The summed E-state index contributed by atoms with van der Waals surface area (Å²) in [5, 5.41) is 0. The largest absolute Gasteiger partial charge is 0.379 e.